The van der Waals surface area contributed by atoms with Gasteiger partial charge in [-0.15, -0.1) is 24.2 Å². The maximum absolute atomic E-state index is 10.7. The molecule has 0 saturated carbocycles. The van der Waals surface area contributed by atoms with Crippen LogP contribution in [0.3, 0.4) is 0 Å². The fourth-order valence-electron chi connectivity index (χ4n) is 1.02. The largest absolute Gasteiger partial charge is 0.478 e. The van der Waals surface area contributed by atoms with E-state index in [4.69, 9.17) is 22.0 Å². The minimum Gasteiger partial charge on any atom is -0.478 e. The van der Waals surface area contributed by atoms with Crippen molar-refractivity contribution in [3.8, 4) is 6.07 Å². The van der Waals surface area contributed by atoms with Gasteiger partial charge in [0, 0.05) is 10.8 Å². The molecule has 0 aliphatic heterocycles. The van der Waals surface area contributed by atoms with Gasteiger partial charge in [0.05, 0.1) is 17.2 Å². The molecule has 5 heteroatoms. The number of rotatable bonds is 2. The molecule has 3 nitrogen and oxygen atoms in total. The number of hydrogen-bond donors (Lipinski definition) is 2. The van der Waals surface area contributed by atoms with E-state index in [1.54, 1.807) is 0 Å². The second kappa shape index (κ2) is 4.36. The van der Waals surface area contributed by atoms with E-state index >= 15 is 0 Å². The first-order chi connectivity index (χ1) is 6.60. The fourth-order valence-corrected chi connectivity index (χ4v) is 1.55. The maximum atomic E-state index is 10.7. The lowest BCUT2D eigenvalue weighted by molar-refractivity contribution is 0.0693. The Balaban J connectivity index is 3.40. The molecule has 1 aromatic rings. The topological polar surface area (TPSA) is 61.1 Å². The number of nitrogens with zero attached hydrogens (tertiary/aromatic N) is 1. The number of carboxylic acid groups (broad SMARTS) is 1. The summed E-state index contributed by atoms with van der Waals surface area (Å²) < 4.78 is 0. The molecule has 0 heterocycles. The quantitative estimate of drug-likeness (QED) is 0.602. The number of hydrogen-bond acceptors (Lipinski definition) is 3. The Morgan fingerprint density at radius 2 is 2.29 bits per heavy atom. The van der Waals surface area contributed by atoms with Gasteiger partial charge >= 0.3 is 5.97 Å². The van der Waals surface area contributed by atoms with Crippen LogP contribution in [0.15, 0.2) is 17.0 Å². The maximum Gasteiger partial charge on any atom is 0.336 e. The molecule has 0 amide bonds. The fraction of sp³-hybridized carbons (Fsp3) is 0.111. The number of benzene rings is 1. The van der Waals surface area contributed by atoms with Crippen LogP contribution in [-0.2, 0) is 5.88 Å². The van der Waals surface area contributed by atoms with E-state index in [9.17, 15) is 4.79 Å². The lowest BCUT2D eigenvalue weighted by Crippen LogP contribution is -2.00. The van der Waals surface area contributed by atoms with E-state index < -0.39 is 5.97 Å². The predicted molar refractivity (Wildman–Crippen MR) is 54.9 cm³/mol. The average molecular weight is 228 g/mol. The van der Waals surface area contributed by atoms with Crippen molar-refractivity contribution in [2.24, 2.45) is 0 Å². The van der Waals surface area contributed by atoms with Gasteiger partial charge in [-0.1, -0.05) is 0 Å². The van der Waals surface area contributed by atoms with E-state index in [2.05, 4.69) is 12.6 Å². The highest BCUT2D eigenvalue weighted by Gasteiger charge is 2.12. The number of thiol groups is 1. The number of nitriles is 1. The van der Waals surface area contributed by atoms with Gasteiger partial charge < -0.3 is 5.11 Å². The first kappa shape index (κ1) is 10.9. The summed E-state index contributed by atoms with van der Waals surface area (Å²) in [6, 6.07) is 4.67. The third kappa shape index (κ3) is 2.00. The first-order valence-electron chi connectivity index (χ1n) is 3.65. The standard InChI is InChI=1S/C9H6ClNO2S/c10-3-5-2-8(14)7(9(12)13)1-6(5)4-11/h1-2,14H,3H2,(H,12,13). The minimum atomic E-state index is -1.10. The molecule has 0 aromatic heterocycles. The average Bonchev–Trinajstić information content (AvgIpc) is 2.16. The zero-order chi connectivity index (χ0) is 10.7. The minimum absolute atomic E-state index is 0.0127. The smallest absolute Gasteiger partial charge is 0.336 e. The zero-order valence-corrected chi connectivity index (χ0v) is 8.64. The monoisotopic (exact) mass is 227 g/mol. The van der Waals surface area contributed by atoms with Gasteiger partial charge in [-0.3, -0.25) is 0 Å². The highest BCUT2D eigenvalue weighted by atomic mass is 35.5. The second-order valence-electron chi connectivity index (χ2n) is 2.58. The van der Waals surface area contributed by atoms with Gasteiger partial charge in [0.25, 0.3) is 0 Å². The molecule has 14 heavy (non-hydrogen) atoms. The second-order valence-corrected chi connectivity index (χ2v) is 3.33. The highest BCUT2D eigenvalue weighted by Crippen LogP contribution is 2.21. The van der Waals surface area contributed by atoms with Crippen molar-refractivity contribution in [3.05, 3.63) is 28.8 Å². The summed E-state index contributed by atoms with van der Waals surface area (Å²) in [6.07, 6.45) is 0. The lowest BCUT2D eigenvalue weighted by Gasteiger charge is -2.04. The molecular formula is C9H6ClNO2S. The molecule has 0 radical (unpaired) electrons. The Morgan fingerprint density at radius 3 is 2.71 bits per heavy atom. The van der Waals surface area contributed by atoms with E-state index in [1.165, 1.54) is 12.1 Å². The molecule has 1 rings (SSSR count). The Bertz CT molecular complexity index is 426. The number of carboxylic acids is 1. The molecule has 0 unspecified atom stereocenters. The third-order valence-corrected chi connectivity index (χ3v) is 2.37. The summed E-state index contributed by atoms with van der Waals surface area (Å²) in [7, 11) is 0. The van der Waals surface area contributed by atoms with Crippen molar-refractivity contribution in [2.75, 3.05) is 0 Å². The van der Waals surface area contributed by atoms with Crippen LogP contribution in [-0.4, -0.2) is 11.1 Å². The molecule has 72 valence electrons. The van der Waals surface area contributed by atoms with Crippen LogP contribution in [0.2, 0.25) is 0 Å². The van der Waals surface area contributed by atoms with Gasteiger partial charge in [0.2, 0.25) is 0 Å². The summed E-state index contributed by atoms with van der Waals surface area (Å²) in [5.41, 5.74) is 0.873. The lowest BCUT2D eigenvalue weighted by atomic mass is 10.1. The van der Waals surface area contributed by atoms with Crippen LogP contribution >= 0.6 is 24.2 Å². The Hall–Kier alpha value is -1.18. The normalized spacial score (nSPS) is 9.50. The van der Waals surface area contributed by atoms with Crippen molar-refractivity contribution in [1.29, 1.82) is 5.26 Å². The van der Waals surface area contributed by atoms with Gasteiger partial charge in [0.15, 0.2) is 0 Å². The molecule has 1 N–H and O–H groups in total. The summed E-state index contributed by atoms with van der Waals surface area (Å²) in [4.78, 5) is 11.0. The van der Waals surface area contributed by atoms with E-state index in [1.807, 2.05) is 6.07 Å². The molecule has 0 atom stereocenters. The van der Waals surface area contributed by atoms with E-state index in [0.29, 0.717) is 10.5 Å². The van der Waals surface area contributed by atoms with Crippen molar-refractivity contribution in [1.82, 2.24) is 0 Å². The summed E-state index contributed by atoms with van der Waals surface area (Å²) in [5, 5.41) is 17.5. The molecule has 0 aliphatic rings. The molecule has 0 aliphatic carbocycles. The first-order valence-corrected chi connectivity index (χ1v) is 4.63. The molecule has 0 bridgehead atoms. The summed E-state index contributed by atoms with van der Waals surface area (Å²) in [6.45, 7) is 0. The molecule has 0 fully saturated rings. The predicted octanol–water partition coefficient (Wildman–Crippen LogP) is 2.28. The highest BCUT2D eigenvalue weighted by molar-refractivity contribution is 7.80. The number of halogens is 1. The third-order valence-electron chi connectivity index (χ3n) is 1.72. The number of carbonyl (C=O) groups is 1. The SMILES string of the molecule is N#Cc1cc(C(=O)O)c(S)cc1CCl. The summed E-state index contributed by atoms with van der Waals surface area (Å²) >= 11 is 9.58. The number of alkyl halides is 1. The molecule has 0 saturated heterocycles. The molecule has 0 spiro atoms. The van der Waals surface area contributed by atoms with Crippen LogP contribution in [0.4, 0.5) is 0 Å². The zero-order valence-electron chi connectivity index (χ0n) is 6.99. The van der Waals surface area contributed by atoms with Crippen LogP contribution in [0, 0.1) is 11.3 Å². The van der Waals surface area contributed by atoms with Crippen LogP contribution < -0.4 is 0 Å². The summed E-state index contributed by atoms with van der Waals surface area (Å²) in [5.74, 6) is -0.941. The van der Waals surface area contributed by atoms with Gasteiger partial charge in [-0.05, 0) is 17.7 Å². The van der Waals surface area contributed by atoms with E-state index in [-0.39, 0.29) is 17.0 Å². The van der Waals surface area contributed by atoms with Gasteiger partial charge in [0.1, 0.15) is 0 Å². The number of aromatic carboxylic acids is 1. The van der Waals surface area contributed by atoms with Crippen molar-refractivity contribution in [2.45, 2.75) is 10.8 Å². The van der Waals surface area contributed by atoms with Crippen LogP contribution in [0.25, 0.3) is 0 Å². The van der Waals surface area contributed by atoms with Crippen molar-refractivity contribution in [3.63, 3.8) is 0 Å². The van der Waals surface area contributed by atoms with Crippen LogP contribution in [0.1, 0.15) is 21.5 Å². The van der Waals surface area contributed by atoms with E-state index in [0.717, 1.165) is 0 Å². The Kier molecular flexibility index (Phi) is 3.39. The van der Waals surface area contributed by atoms with Crippen LogP contribution in [0.5, 0.6) is 0 Å². The van der Waals surface area contributed by atoms with Crippen molar-refractivity contribution >= 4 is 30.2 Å². The molecule has 1 aromatic carbocycles. The van der Waals surface area contributed by atoms with Crippen molar-refractivity contribution < 1.29 is 9.90 Å². The van der Waals surface area contributed by atoms with Gasteiger partial charge in [-0.25, -0.2) is 4.79 Å². The Labute approximate surface area is 91.3 Å². The molecular weight excluding hydrogens is 222 g/mol. The Morgan fingerprint density at radius 1 is 1.64 bits per heavy atom. The van der Waals surface area contributed by atoms with Gasteiger partial charge in [-0.2, -0.15) is 5.26 Å².